The summed E-state index contributed by atoms with van der Waals surface area (Å²) in [7, 11) is 0. The number of benzene rings is 1. The molecule has 134 valence electrons. The molecule has 1 saturated heterocycles. The van der Waals surface area contributed by atoms with E-state index in [1.165, 1.54) is 11.8 Å². The Hall–Kier alpha value is -1.82. The smallest absolute Gasteiger partial charge is 0.316 e. The maximum absolute atomic E-state index is 12.6. The van der Waals surface area contributed by atoms with E-state index in [9.17, 15) is 14.4 Å². The molecule has 1 N–H and O–H groups in total. The minimum absolute atomic E-state index is 0.255. The van der Waals surface area contributed by atoms with E-state index in [1.807, 2.05) is 6.07 Å². The first-order valence-electron chi connectivity index (χ1n) is 8.85. The van der Waals surface area contributed by atoms with Gasteiger partial charge in [-0.1, -0.05) is 44.4 Å². The number of esters is 1. The molecule has 0 radical (unpaired) electrons. The Balaban J connectivity index is 1.69. The molecule has 3 atom stereocenters. The van der Waals surface area contributed by atoms with Gasteiger partial charge in [-0.2, -0.15) is 0 Å². The Morgan fingerprint density at radius 1 is 1.24 bits per heavy atom. The lowest BCUT2D eigenvalue weighted by Crippen LogP contribution is -2.59. The van der Waals surface area contributed by atoms with Gasteiger partial charge in [0.2, 0.25) is 11.8 Å². The molecular formula is C19H23NO4S. The molecule has 1 aliphatic heterocycles. The molecule has 2 fully saturated rings. The molecule has 0 spiro atoms. The monoisotopic (exact) mass is 361 g/mol. The number of carbonyl (C=O) groups excluding carboxylic acids is 3. The third kappa shape index (κ3) is 3.32. The van der Waals surface area contributed by atoms with E-state index < -0.39 is 22.6 Å². The van der Waals surface area contributed by atoms with Crippen molar-refractivity contribution in [1.29, 1.82) is 0 Å². The highest BCUT2D eigenvalue weighted by Crippen LogP contribution is 2.57. The fourth-order valence-corrected chi connectivity index (χ4v) is 5.23. The van der Waals surface area contributed by atoms with Crippen LogP contribution in [0.5, 0.6) is 5.75 Å². The number of fused-ring (bicyclic) bond motifs is 1. The molecular weight excluding hydrogens is 338 g/mol. The number of nitrogens with one attached hydrogen (secondary N) is 1. The van der Waals surface area contributed by atoms with Crippen LogP contribution in [0.4, 0.5) is 0 Å². The second-order valence-electron chi connectivity index (χ2n) is 6.60. The van der Waals surface area contributed by atoms with Crippen molar-refractivity contribution in [2.24, 2.45) is 11.8 Å². The van der Waals surface area contributed by atoms with Crippen LogP contribution < -0.4 is 10.1 Å². The van der Waals surface area contributed by atoms with E-state index in [0.717, 1.165) is 31.4 Å². The third-order valence-electron chi connectivity index (χ3n) is 5.00. The quantitative estimate of drug-likeness (QED) is 0.334. The third-order valence-corrected chi connectivity index (χ3v) is 6.72. The summed E-state index contributed by atoms with van der Waals surface area (Å²) in [5, 5.41) is 2.41. The lowest BCUT2D eigenvalue weighted by atomic mass is 9.65. The van der Waals surface area contributed by atoms with Gasteiger partial charge in [-0.05, 0) is 30.7 Å². The molecule has 6 heteroatoms. The normalized spacial score (nSPS) is 27.4. The lowest BCUT2D eigenvalue weighted by molar-refractivity contribution is -0.149. The number of hydrogen-bond donors (Lipinski definition) is 1. The molecule has 2 aliphatic rings. The van der Waals surface area contributed by atoms with Gasteiger partial charge in [0.25, 0.3) is 0 Å². The molecule has 1 aliphatic carbocycles. The van der Waals surface area contributed by atoms with Crippen molar-refractivity contribution in [2.75, 3.05) is 5.75 Å². The number of hydrogen-bond acceptors (Lipinski definition) is 5. The SMILES string of the molecule is CCCCCCS[C@]12C(=O)NC(=O)[C@H]1C[C@@H]2C(=O)Oc1ccccc1. The molecule has 0 aromatic heterocycles. The fourth-order valence-electron chi connectivity index (χ4n) is 3.57. The Labute approximate surface area is 151 Å². The van der Waals surface area contributed by atoms with Crippen molar-refractivity contribution in [3.8, 4) is 5.75 Å². The highest BCUT2D eigenvalue weighted by Gasteiger charge is 2.70. The number of amides is 2. The second kappa shape index (κ2) is 7.60. The van der Waals surface area contributed by atoms with Crippen LogP contribution >= 0.6 is 11.8 Å². The maximum Gasteiger partial charge on any atom is 0.316 e. The average Bonchev–Trinajstić information content (AvgIpc) is 2.74. The molecule has 0 unspecified atom stereocenters. The zero-order valence-corrected chi connectivity index (χ0v) is 15.1. The summed E-state index contributed by atoms with van der Waals surface area (Å²) in [5.41, 5.74) is 0. The van der Waals surface area contributed by atoms with Gasteiger partial charge in [-0.3, -0.25) is 19.7 Å². The van der Waals surface area contributed by atoms with Crippen molar-refractivity contribution < 1.29 is 19.1 Å². The Bertz CT molecular complexity index is 663. The number of para-hydroxylation sites is 1. The largest absolute Gasteiger partial charge is 0.426 e. The van der Waals surface area contributed by atoms with Crippen LogP contribution in [0.3, 0.4) is 0 Å². The van der Waals surface area contributed by atoms with Crippen molar-refractivity contribution >= 4 is 29.5 Å². The van der Waals surface area contributed by atoms with Gasteiger partial charge in [-0.15, -0.1) is 11.8 Å². The average molecular weight is 361 g/mol. The molecule has 1 aromatic rings. The summed E-state index contributed by atoms with van der Waals surface area (Å²) in [4.78, 5) is 37.1. The zero-order valence-electron chi connectivity index (χ0n) is 14.3. The van der Waals surface area contributed by atoms with Crippen LogP contribution in [-0.4, -0.2) is 28.3 Å². The molecule has 25 heavy (non-hydrogen) atoms. The first-order chi connectivity index (χ1) is 12.1. The summed E-state index contributed by atoms with van der Waals surface area (Å²) >= 11 is 1.46. The van der Waals surface area contributed by atoms with Crippen LogP contribution in [0.2, 0.25) is 0 Å². The van der Waals surface area contributed by atoms with E-state index >= 15 is 0 Å². The zero-order chi connectivity index (χ0) is 17.9. The standard InChI is InChI=1S/C19H23NO4S/c1-2-3-4-8-11-25-19-14(16(21)20-18(19)23)12-15(19)17(22)24-13-9-6-5-7-10-13/h5-7,9-10,14-15H,2-4,8,11-12H2,1H3,(H,20,21,23)/t14-,15-,19-/m1/s1. The highest BCUT2D eigenvalue weighted by atomic mass is 32.2. The summed E-state index contributed by atoms with van der Waals surface area (Å²) in [5.74, 6) is -0.757. The van der Waals surface area contributed by atoms with Gasteiger partial charge in [0, 0.05) is 0 Å². The van der Waals surface area contributed by atoms with E-state index in [1.54, 1.807) is 24.3 Å². The number of ether oxygens (including phenoxy) is 1. The highest BCUT2D eigenvalue weighted by molar-refractivity contribution is 8.01. The van der Waals surface area contributed by atoms with Crippen LogP contribution in [0.15, 0.2) is 30.3 Å². The van der Waals surface area contributed by atoms with Gasteiger partial charge in [0.15, 0.2) is 0 Å². The molecule has 0 bridgehead atoms. The molecule has 5 nitrogen and oxygen atoms in total. The maximum atomic E-state index is 12.6. The van der Waals surface area contributed by atoms with Crippen molar-refractivity contribution in [3.63, 3.8) is 0 Å². The molecule has 1 aromatic carbocycles. The first kappa shape index (κ1) is 18.0. The first-order valence-corrected chi connectivity index (χ1v) is 9.84. The second-order valence-corrected chi connectivity index (χ2v) is 7.97. The molecule has 3 rings (SSSR count). The minimum atomic E-state index is -0.977. The molecule has 1 saturated carbocycles. The number of thioether (sulfide) groups is 1. The van der Waals surface area contributed by atoms with Gasteiger partial charge in [0.05, 0.1) is 11.8 Å². The van der Waals surface area contributed by atoms with E-state index in [0.29, 0.717) is 12.2 Å². The van der Waals surface area contributed by atoms with Crippen LogP contribution in [0.25, 0.3) is 0 Å². The van der Waals surface area contributed by atoms with E-state index in [4.69, 9.17) is 4.74 Å². The number of carbonyl (C=O) groups is 3. The van der Waals surface area contributed by atoms with Crippen molar-refractivity contribution in [3.05, 3.63) is 30.3 Å². The summed E-state index contributed by atoms with van der Waals surface area (Å²) in [6.07, 6.45) is 4.75. The van der Waals surface area contributed by atoms with Gasteiger partial charge < -0.3 is 4.74 Å². The summed E-state index contributed by atoms with van der Waals surface area (Å²) in [6.45, 7) is 2.15. The Morgan fingerprint density at radius 2 is 2.00 bits per heavy atom. The van der Waals surface area contributed by atoms with Crippen molar-refractivity contribution in [1.82, 2.24) is 5.32 Å². The van der Waals surface area contributed by atoms with Crippen LogP contribution in [0, 0.1) is 11.8 Å². The topological polar surface area (TPSA) is 72.5 Å². The van der Waals surface area contributed by atoms with Gasteiger partial charge >= 0.3 is 5.97 Å². The minimum Gasteiger partial charge on any atom is -0.426 e. The summed E-state index contributed by atoms with van der Waals surface area (Å²) in [6, 6.07) is 8.83. The van der Waals surface area contributed by atoms with Crippen LogP contribution in [0.1, 0.15) is 39.0 Å². The Morgan fingerprint density at radius 3 is 2.68 bits per heavy atom. The van der Waals surface area contributed by atoms with Gasteiger partial charge in [0.1, 0.15) is 10.5 Å². The van der Waals surface area contributed by atoms with E-state index in [-0.39, 0.29) is 11.8 Å². The fraction of sp³-hybridized carbons (Fsp3) is 0.526. The predicted molar refractivity (Wildman–Crippen MR) is 96.2 cm³/mol. The number of imide groups is 1. The van der Waals surface area contributed by atoms with E-state index in [2.05, 4.69) is 12.2 Å². The summed E-state index contributed by atoms with van der Waals surface area (Å²) < 4.78 is 4.46. The van der Waals surface area contributed by atoms with Crippen LogP contribution in [-0.2, 0) is 14.4 Å². The number of unbranched alkanes of at least 4 members (excludes halogenated alkanes) is 3. The van der Waals surface area contributed by atoms with Crippen molar-refractivity contribution in [2.45, 2.75) is 43.8 Å². The Kier molecular flexibility index (Phi) is 5.47. The number of rotatable bonds is 8. The molecule has 1 heterocycles. The predicted octanol–water partition coefficient (Wildman–Crippen LogP) is 2.94. The molecule has 2 amide bonds. The van der Waals surface area contributed by atoms with Gasteiger partial charge in [-0.25, -0.2) is 0 Å². The lowest BCUT2D eigenvalue weighted by Gasteiger charge is -2.46.